The Bertz CT molecular complexity index is 1280. The van der Waals surface area contributed by atoms with Gasteiger partial charge in [-0.25, -0.2) is 9.59 Å². The van der Waals surface area contributed by atoms with Crippen molar-refractivity contribution in [2.45, 2.75) is 97.8 Å². The first kappa shape index (κ1) is 27.7. The molecule has 4 rings (SSSR count). The van der Waals surface area contributed by atoms with Crippen molar-refractivity contribution in [3.8, 4) is 5.75 Å². The van der Waals surface area contributed by atoms with Crippen LogP contribution in [-0.2, 0) is 30.7 Å². The third kappa shape index (κ3) is 6.77. The van der Waals surface area contributed by atoms with E-state index in [0.29, 0.717) is 18.2 Å². The lowest BCUT2D eigenvalue weighted by Crippen LogP contribution is -2.37. The van der Waals surface area contributed by atoms with Crippen LogP contribution in [0.15, 0.2) is 70.2 Å². The third-order valence-corrected chi connectivity index (χ3v) is 7.94. The predicted octanol–water partition coefficient (Wildman–Crippen LogP) is 6.48. The van der Waals surface area contributed by atoms with Gasteiger partial charge in [0.25, 0.3) is 0 Å². The highest BCUT2D eigenvalue weighted by Gasteiger charge is 2.29. The van der Waals surface area contributed by atoms with E-state index in [1.807, 2.05) is 33.4 Å². The summed E-state index contributed by atoms with van der Waals surface area (Å²) in [5, 5.41) is 9.28. The molecule has 0 amide bonds. The van der Waals surface area contributed by atoms with E-state index in [1.54, 1.807) is 13.8 Å². The summed E-state index contributed by atoms with van der Waals surface area (Å²) in [4.78, 5) is 24.8. The van der Waals surface area contributed by atoms with E-state index in [2.05, 4.69) is 38.3 Å². The molecule has 6 nitrogen and oxygen atoms in total. The van der Waals surface area contributed by atoms with Crippen molar-refractivity contribution < 1.29 is 14.6 Å². The Kier molecular flexibility index (Phi) is 8.80. The van der Waals surface area contributed by atoms with E-state index >= 15 is 0 Å². The van der Waals surface area contributed by atoms with E-state index in [-0.39, 0.29) is 5.69 Å². The summed E-state index contributed by atoms with van der Waals surface area (Å²) in [7, 11) is 0. The van der Waals surface area contributed by atoms with Crippen molar-refractivity contribution in [2.24, 2.45) is 5.92 Å². The fraction of sp³-hybridized carbons (Fsp3) is 0.500. The average molecular weight is 519 g/mol. The first-order valence-electron chi connectivity index (χ1n) is 14.0. The molecule has 1 heterocycles. The fourth-order valence-electron chi connectivity index (χ4n) is 5.15. The number of ether oxygens (including phenoxy) is 1. The number of aromatic nitrogens is 2. The standard InChI is InChI=1S/C32H42N2O4/c1-5-27-17-14-26(13-12-23(27)2)20-33-22-28(34(31(33)37)21-25-9-6-10-25)11-7-8-24-15-18-29(19-16-24)38-32(3,4)30(35)36/h12-13,15-19,22,25H,5-11,14,20-21H2,1-4H3,(H,35,36). The fourth-order valence-corrected chi connectivity index (χ4v) is 5.15. The van der Waals surface area contributed by atoms with Gasteiger partial charge in [0.1, 0.15) is 5.75 Å². The van der Waals surface area contributed by atoms with Crippen LogP contribution in [0.2, 0.25) is 0 Å². The highest BCUT2D eigenvalue weighted by Crippen LogP contribution is 2.28. The minimum absolute atomic E-state index is 0.111. The Morgan fingerprint density at radius 2 is 1.87 bits per heavy atom. The van der Waals surface area contributed by atoms with Crippen molar-refractivity contribution in [1.29, 1.82) is 0 Å². The summed E-state index contributed by atoms with van der Waals surface area (Å²) in [5.41, 5.74) is 5.09. The topological polar surface area (TPSA) is 73.5 Å². The summed E-state index contributed by atoms with van der Waals surface area (Å²) in [6.07, 6.45) is 17.0. The molecular formula is C32H42N2O4. The molecule has 2 aliphatic rings. The lowest BCUT2D eigenvalue weighted by atomic mass is 9.85. The van der Waals surface area contributed by atoms with Crippen LogP contribution in [-0.4, -0.2) is 25.8 Å². The Morgan fingerprint density at radius 1 is 1.13 bits per heavy atom. The lowest BCUT2D eigenvalue weighted by molar-refractivity contribution is -0.152. The number of benzene rings is 1. The van der Waals surface area contributed by atoms with Crippen LogP contribution < -0.4 is 10.4 Å². The van der Waals surface area contributed by atoms with E-state index in [9.17, 15) is 14.7 Å². The normalized spacial score (nSPS) is 16.3. The van der Waals surface area contributed by atoms with Gasteiger partial charge in [-0.3, -0.25) is 9.13 Å². The predicted molar refractivity (Wildman–Crippen MR) is 152 cm³/mol. The molecule has 0 saturated heterocycles. The molecule has 2 aromatic rings. The monoisotopic (exact) mass is 518 g/mol. The molecule has 1 fully saturated rings. The number of aliphatic carboxylic acids is 1. The van der Waals surface area contributed by atoms with Gasteiger partial charge in [-0.05, 0) is 106 Å². The second kappa shape index (κ2) is 12.1. The highest BCUT2D eigenvalue weighted by molar-refractivity contribution is 5.76. The van der Waals surface area contributed by atoms with E-state index in [0.717, 1.165) is 44.3 Å². The van der Waals surface area contributed by atoms with Gasteiger partial charge in [-0.15, -0.1) is 0 Å². The van der Waals surface area contributed by atoms with Gasteiger partial charge in [-0.1, -0.05) is 43.7 Å². The van der Waals surface area contributed by atoms with Crippen LogP contribution in [0, 0.1) is 5.92 Å². The van der Waals surface area contributed by atoms with Crippen LogP contribution in [0.25, 0.3) is 0 Å². The molecule has 1 aromatic carbocycles. The molecule has 0 radical (unpaired) electrons. The Balaban J connectivity index is 1.43. The average Bonchev–Trinajstić information content (AvgIpc) is 3.01. The third-order valence-electron chi connectivity index (χ3n) is 7.94. The molecule has 0 bridgehead atoms. The van der Waals surface area contributed by atoms with Gasteiger partial charge in [-0.2, -0.15) is 0 Å². The number of aryl methyl sites for hydroxylation is 2. The van der Waals surface area contributed by atoms with Crippen molar-refractivity contribution >= 4 is 5.97 Å². The van der Waals surface area contributed by atoms with E-state index in [4.69, 9.17) is 4.74 Å². The Morgan fingerprint density at radius 3 is 2.50 bits per heavy atom. The maximum atomic E-state index is 13.5. The highest BCUT2D eigenvalue weighted by atomic mass is 16.5. The summed E-state index contributed by atoms with van der Waals surface area (Å²) in [6, 6.07) is 7.65. The first-order chi connectivity index (χ1) is 18.2. The van der Waals surface area contributed by atoms with Crippen LogP contribution in [0.1, 0.15) is 77.5 Å². The van der Waals surface area contributed by atoms with Crippen LogP contribution in [0.4, 0.5) is 0 Å². The molecule has 204 valence electrons. The molecule has 1 N–H and O–H groups in total. The van der Waals surface area contributed by atoms with Gasteiger partial charge < -0.3 is 9.84 Å². The number of carbonyl (C=O) groups is 1. The van der Waals surface area contributed by atoms with Gasteiger partial charge in [0, 0.05) is 25.0 Å². The second-order valence-electron chi connectivity index (χ2n) is 11.3. The number of imidazole rings is 1. The smallest absolute Gasteiger partial charge is 0.347 e. The summed E-state index contributed by atoms with van der Waals surface area (Å²) in [6.45, 7) is 8.89. The number of carboxylic acid groups (broad SMARTS) is 1. The largest absolute Gasteiger partial charge is 0.478 e. The summed E-state index contributed by atoms with van der Waals surface area (Å²) >= 11 is 0. The molecule has 2 aliphatic carbocycles. The Hall–Kier alpha value is -3.28. The molecular weight excluding hydrogens is 476 g/mol. The maximum absolute atomic E-state index is 13.5. The molecule has 0 unspecified atom stereocenters. The SMILES string of the molecule is CCC1=CCC(Cn2cc(CCCc3ccc(OC(C)(C)C(=O)O)cc3)n(CC3CCC3)c2=O)=CC=C1C. The zero-order valence-corrected chi connectivity index (χ0v) is 23.3. The van der Waals surface area contributed by atoms with E-state index < -0.39 is 11.6 Å². The second-order valence-corrected chi connectivity index (χ2v) is 11.3. The molecule has 38 heavy (non-hydrogen) atoms. The molecule has 0 spiro atoms. The van der Waals surface area contributed by atoms with Crippen molar-refractivity contribution in [3.63, 3.8) is 0 Å². The summed E-state index contributed by atoms with van der Waals surface area (Å²) in [5.74, 6) is 0.166. The number of hydrogen-bond acceptors (Lipinski definition) is 3. The van der Waals surface area contributed by atoms with Crippen molar-refractivity contribution in [3.05, 3.63) is 87.2 Å². The van der Waals surface area contributed by atoms with Gasteiger partial charge >= 0.3 is 11.7 Å². The van der Waals surface area contributed by atoms with Crippen LogP contribution >= 0.6 is 0 Å². The zero-order valence-electron chi connectivity index (χ0n) is 23.3. The summed E-state index contributed by atoms with van der Waals surface area (Å²) < 4.78 is 9.55. The number of hydrogen-bond donors (Lipinski definition) is 1. The molecule has 0 atom stereocenters. The maximum Gasteiger partial charge on any atom is 0.347 e. The quantitative estimate of drug-likeness (QED) is 0.349. The number of carboxylic acids is 1. The zero-order chi connectivity index (χ0) is 27.3. The van der Waals surface area contributed by atoms with Crippen molar-refractivity contribution in [2.75, 3.05) is 0 Å². The van der Waals surface area contributed by atoms with Crippen molar-refractivity contribution in [1.82, 2.24) is 9.13 Å². The minimum Gasteiger partial charge on any atom is -0.478 e. The number of nitrogens with zero attached hydrogens (tertiary/aromatic N) is 2. The van der Waals surface area contributed by atoms with Gasteiger partial charge in [0.05, 0.1) is 0 Å². The number of rotatable bonds is 12. The molecule has 1 saturated carbocycles. The number of allylic oxidation sites excluding steroid dienone is 6. The molecule has 6 heteroatoms. The minimum atomic E-state index is -1.27. The van der Waals surface area contributed by atoms with Gasteiger partial charge in [0.2, 0.25) is 0 Å². The Labute approximate surface area is 226 Å². The van der Waals surface area contributed by atoms with Crippen LogP contribution in [0.5, 0.6) is 5.75 Å². The lowest BCUT2D eigenvalue weighted by Gasteiger charge is -2.26. The molecule has 0 aliphatic heterocycles. The first-order valence-corrected chi connectivity index (χ1v) is 14.0. The van der Waals surface area contributed by atoms with Crippen LogP contribution in [0.3, 0.4) is 0 Å². The van der Waals surface area contributed by atoms with E-state index in [1.165, 1.54) is 41.5 Å². The van der Waals surface area contributed by atoms with Gasteiger partial charge in [0.15, 0.2) is 5.60 Å². The molecule has 1 aromatic heterocycles.